The molecule has 0 spiro atoms. The first-order chi connectivity index (χ1) is 9.87. The van der Waals surface area contributed by atoms with E-state index in [0.29, 0.717) is 5.56 Å². The zero-order valence-corrected chi connectivity index (χ0v) is 13.0. The molecule has 3 nitrogen and oxygen atoms in total. The lowest BCUT2D eigenvalue weighted by Gasteiger charge is -2.29. The first-order valence-electron chi connectivity index (χ1n) is 7.05. The molecule has 0 fully saturated rings. The molecule has 2 aromatic rings. The number of fused-ring (bicyclic) bond motifs is 1. The number of aromatic carboxylic acids is 1. The number of hydrogen-bond acceptors (Lipinski definition) is 3. The van der Waals surface area contributed by atoms with Crippen LogP contribution >= 0.6 is 11.3 Å². The normalized spacial score (nSPS) is 16.5. The fourth-order valence-electron chi connectivity index (χ4n) is 2.96. The molecule has 0 saturated heterocycles. The van der Waals surface area contributed by atoms with Gasteiger partial charge in [-0.2, -0.15) is 0 Å². The second-order valence-corrected chi connectivity index (χ2v) is 7.51. The van der Waals surface area contributed by atoms with Gasteiger partial charge in [0, 0.05) is 9.75 Å². The van der Waals surface area contributed by atoms with Crippen LogP contribution in [0.4, 0.5) is 0 Å². The second-order valence-electron chi connectivity index (χ2n) is 6.40. The summed E-state index contributed by atoms with van der Waals surface area (Å²) < 4.78 is 0. The average molecular weight is 302 g/mol. The predicted molar refractivity (Wildman–Crippen MR) is 84.2 cm³/mol. The van der Waals surface area contributed by atoms with Crippen LogP contribution in [-0.4, -0.2) is 16.2 Å². The van der Waals surface area contributed by atoms with E-state index in [9.17, 15) is 15.0 Å². The van der Waals surface area contributed by atoms with Crippen LogP contribution in [0.1, 0.15) is 41.1 Å². The van der Waals surface area contributed by atoms with Gasteiger partial charge in [0.05, 0.1) is 5.56 Å². The first kappa shape index (κ1) is 14.1. The smallest absolute Gasteiger partial charge is 0.337 e. The van der Waals surface area contributed by atoms with Crippen molar-refractivity contribution in [2.45, 2.75) is 33.1 Å². The summed E-state index contributed by atoms with van der Waals surface area (Å²) in [4.78, 5) is 13.8. The Kier molecular flexibility index (Phi) is 3.29. The number of thiophene rings is 1. The summed E-state index contributed by atoms with van der Waals surface area (Å²) in [5.74, 6) is -0.661. The van der Waals surface area contributed by atoms with Crippen LogP contribution in [0.25, 0.3) is 10.4 Å². The standard InChI is InChI=1S/C17H18O3S/c1-17(2)8-7-13-12(9-17)14(16(19)20)15(21-13)10-3-5-11(18)6-4-10/h3-6,18H,7-9H2,1-2H3,(H,19,20). The molecule has 1 aromatic carbocycles. The third kappa shape index (κ3) is 2.56. The number of phenols is 1. The third-order valence-corrected chi connectivity index (χ3v) is 5.46. The zero-order valence-electron chi connectivity index (χ0n) is 12.1. The third-order valence-electron chi connectivity index (χ3n) is 4.12. The molecule has 3 rings (SSSR count). The van der Waals surface area contributed by atoms with E-state index in [1.54, 1.807) is 35.6 Å². The van der Waals surface area contributed by atoms with Crippen molar-refractivity contribution < 1.29 is 15.0 Å². The monoisotopic (exact) mass is 302 g/mol. The van der Waals surface area contributed by atoms with Crippen molar-refractivity contribution in [1.82, 2.24) is 0 Å². The van der Waals surface area contributed by atoms with E-state index in [4.69, 9.17) is 0 Å². The quantitative estimate of drug-likeness (QED) is 0.868. The van der Waals surface area contributed by atoms with Crippen molar-refractivity contribution in [1.29, 1.82) is 0 Å². The Labute approximate surface area is 127 Å². The minimum Gasteiger partial charge on any atom is -0.508 e. The van der Waals surface area contributed by atoms with Crippen LogP contribution in [0.5, 0.6) is 5.75 Å². The van der Waals surface area contributed by atoms with Gasteiger partial charge in [0.2, 0.25) is 0 Å². The summed E-state index contributed by atoms with van der Waals surface area (Å²) in [7, 11) is 0. The number of carboxylic acids is 1. The van der Waals surface area contributed by atoms with E-state index in [0.717, 1.165) is 35.3 Å². The number of benzene rings is 1. The molecule has 2 N–H and O–H groups in total. The fraction of sp³-hybridized carbons (Fsp3) is 0.353. The Morgan fingerprint density at radius 1 is 1.24 bits per heavy atom. The molecule has 0 radical (unpaired) electrons. The lowest BCUT2D eigenvalue weighted by atomic mass is 9.76. The van der Waals surface area contributed by atoms with Crippen molar-refractivity contribution in [3.05, 3.63) is 40.3 Å². The van der Waals surface area contributed by atoms with Crippen molar-refractivity contribution in [3.63, 3.8) is 0 Å². The Morgan fingerprint density at radius 2 is 1.90 bits per heavy atom. The number of carboxylic acid groups (broad SMARTS) is 1. The van der Waals surface area contributed by atoms with Crippen LogP contribution < -0.4 is 0 Å². The minimum absolute atomic E-state index is 0.157. The van der Waals surface area contributed by atoms with E-state index >= 15 is 0 Å². The largest absolute Gasteiger partial charge is 0.508 e. The molecule has 1 aromatic heterocycles. The van der Waals surface area contributed by atoms with E-state index < -0.39 is 5.97 Å². The van der Waals surface area contributed by atoms with Gasteiger partial charge in [0.15, 0.2) is 0 Å². The van der Waals surface area contributed by atoms with E-state index in [1.807, 2.05) is 0 Å². The molecule has 1 heterocycles. The number of phenolic OH excluding ortho intramolecular Hbond substituents is 1. The van der Waals surface area contributed by atoms with E-state index in [2.05, 4.69) is 13.8 Å². The molecular weight excluding hydrogens is 284 g/mol. The minimum atomic E-state index is -0.853. The van der Waals surface area contributed by atoms with E-state index in [-0.39, 0.29) is 11.2 Å². The molecule has 0 unspecified atom stereocenters. The highest BCUT2D eigenvalue weighted by Gasteiger charge is 2.32. The van der Waals surface area contributed by atoms with Gasteiger partial charge in [-0.15, -0.1) is 11.3 Å². The maximum absolute atomic E-state index is 11.8. The summed E-state index contributed by atoms with van der Waals surface area (Å²) in [6, 6.07) is 6.77. The highest BCUT2D eigenvalue weighted by molar-refractivity contribution is 7.16. The Hall–Kier alpha value is -1.81. The van der Waals surface area contributed by atoms with Crippen LogP contribution in [0.3, 0.4) is 0 Å². The molecule has 0 aliphatic heterocycles. The fourth-order valence-corrected chi connectivity index (χ4v) is 4.28. The predicted octanol–water partition coefficient (Wildman–Crippen LogP) is 4.33. The Balaban J connectivity index is 2.16. The molecular formula is C17H18O3S. The number of aryl methyl sites for hydroxylation is 1. The van der Waals surface area contributed by atoms with E-state index in [1.165, 1.54) is 4.88 Å². The second kappa shape index (κ2) is 4.88. The summed E-state index contributed by atoms with van der Waals surface area (Å²) in [6.07, 6.45) is 2.86. The maximum atomic E-state index is 11.8. The lowest BCUT2D eigenvalue weighted by Crippen LogP contribution is -2.22. The van der Waals surface area contributed by atoms with Gasteiger partial charge in [0.1, 0.15) is 5.75 Å². The molecule has 0 amide bonds. The SMILES string of the molecule is CC1(C)CCc2sc(-c3ccc(O)cc3)c(C(=O)O)c2C1. The first-order valence-corrected chi connectivity index (χ1v) is 7.86. The molecule has 0 saturated carbocycles. The summed E-state index contributed by atoms with van der Waals surface area (Å²) in [5.41, 5.74) is 2.48. The summed E-state index contributed by atoms with van der Waals surface area (Å²) >= 11 is 1.59. The summed E-state index contributed by atoms with van der Waals surface area (Å²) in [5, 5.41) is 19.1. The van der Waals surface area contributed by atoms with Gasteiger partial charge in [-0.05, 0) is 60.1 Å². The highest BCUT2D eigenvalue weighted by atomic mass is 32.1. The lowest BCUT2D eigenvalue weighted by molar-refractivity contribution is 0.0696. The van der Waals surface area contributed by atoms with Gasteiger partial charge >= 0.3 is 5.97 Å². The number of rotatable bonds is 2. The number of aromatic hydroxyl groups is 1. The molecule has 1 aliphatic rings. The molecule has 21 heavy (non-hydrogen) atoms. The van der Waals surface area contributed by atoms with Crippen LogP contribution in [0, 0.1) is 5.41 Å². The summed E-state index contributed by atoms with van der Waals surface area (Å²) in [6.45, 7) is 4.39. The van der Waals surface area contributed by atoms with Crippen LogP contribution in [0.15, 0.2) is 24.3 Å². The van der Waals surface area contributed by atoms with Gasteiger partial charge < -0.3 is 10.2 Å². The Morgan fingerprint density at radius 3 is 2.52 bits per heavy atom. The number of carbonyl (C=O) groups is 1. The van der Waals surface area contributed by atoms with Crippen LogP contribution in [-0.2, 0) is 12.8 Å². The molecule has 1 aliphatic carbocycles. The van der Waals surface area contributed by atoms with Gasteiger partial charge in [-0.3, -0.25) is 0 Å². The van der Waals surface area contributed by atoms with Crippen LogP contribution in [0.2, 0.25) is 0 Å². The van der Waals surface area contributed by atoms with Crippen molar-refractivity contribution >= 4 is 17.3 Å². The topological polar surface area (TPSA) is 57.5 Å². The highest BCUT2D eigenvalue weighted by Crippen LogP contribution is 2.45. The van der Waals surface area contributed by atoms with Crippen molar-refractivity contribution in [2.24, 2.45) is 5.41 Å². The Bertz CT molecular complexity index is 696. The molecule has 0 atom stereocenters. The van der Waals surface area contributed by atoms with Gasteiger partial charge in [-0.25, -0.2) is 4.79 Å². The molecule has 110 valence electrons. The zero-order chi connectivity index (χ0) is 15.2. The van der Waals surface area contributed by atoms with Gasteiger partial charge in [0.25, 0.3) is 0 Å². The van der Waals surface area contributed by atoms with Crippen molar-refractivity contribution in [3.8, 4) is 16.2 Å². The maximum Gasteiger partial charge on any atom is 0.337 e. The molecule has 0 bridgehead atoms. The van der Waals surface area contributed by atoms with Crippen molar-refractivity contribution in [2.75, 3.05) is 0 Å². The number of hydrogen-bond donors (Lipinski definition) is 2. The average Bonchev–Trinajstić information content (AvgIpc) is 2.76. The van der Waals surface area contributed by atoms with Gasteiger partial charge in [-0.1, -0.05) is 13.8 Å². The molecule has 4 heteroatoms.